The van der Waals surface area contributed by atoms with Crippen molar-refractivity contribution >= 4 is 5.69 Å². The lowest BCUT2D eigenvalue weighted by atomic mass is 9.95. The lowest BCUT2D eigenvalue weighted by Gasteiger charge is -2.22. The fourth-order valence-corrected chi connectivity index (χ4v) is 2.89. The summed E-state index contributed by atoms with van der Waals surface area (Å²) < 4.78 is 0. The molecule has 2 aromatic rings. The van der Waals surface area contributed by atoms with Gasteiger partial charge in [-0.15, -0.1) is 0 Å². The maximum absolute atomic E-state index is 3.70. The van der Waals surface area contributed by atoms with E-state index in [0.717, 1.165) is 0 Å². The Morgan fingerprint density at radius 3 is 2.05 bits per heavy atom. The smallest absolute Gasteiger partial charge is 0.0488 e. The van der Waals surface area contributed by atoms with Gasteiger partial charge in [0.2, 0.25) is 0 Å². The van der Waals surface area contributed by atoms with Gasteiger partial charge >= 0.3 is 0 Å². The Morgan fingerprint density at radius 2 is 1.38 bits per heavy atom. The summed E-state index contributed by atoms with van der Waals surface area (Å²) in [6.45, 7) is 13.3. The number of para-hydroxylation sites is 1. The number of benzene rings is 2. The van der Waals surface area contributed by atoms with Gasteiger partial charge in [0.25, 0.3) is 0 Å². The van der Waals surface area contributed by atoms with Crippen molar-refractivity contribution in [2.24, 2.45) is 0 Å². The largest absolute Gasteiger partial charge is 0.378 e. The van der Waals surface area contributed by atoms with Crippen molar-refractivity contribution in [2.75, 3.05) is 5.32 Å². The number of rotatable bonds is 4. The molecule has 0 heterocycles. The van der Waals surface area contributed by atoms with Gasteiger partial charge in [-0.05, 0) is 67.5 Å². The quantitative estimate of drug-likeness (QED) is 0.734. The zero-order valence-corrected chi connectivity index (χ0v) is 14.1. The Labute approximate surface area is 129 Å². The zero-order valence-electron chi connectivity index (χ0n) is 14.1. The van der Waals surface area contributed by atoms with Gasteiger partial charge in [-0.1, -0.05) is 44.2 Å². The number of hydrogen-bond acceptors (Lipinski definition) is 1. The first-order valence-corrected chi connectivity index (χ1v) is 7.83. The molecular formula is C20H27N. The molecule has 1 heteroatoms. The monoisotopic (exact) mass is 281 g/mol. The molecule has 0 bridgehead atoms. The Hall–Kier alpha value is -1.76. The number of nitrogens with one attached hydrogen (secondary N) is 1. The van der Waals surface area contributed by atoms with Gasteiger partial charge in [0, 0.05) is 11.7 Å². The van der Waals surface area contributed by atoms with Gasteiger partial charge in [0.05, 0.1) is 0 Å². The van der Waals surface area contributed by atoms with Crippen LogP contribution in [0.1, 0.15) is 60.5 Å². The van der Waals surface area contributed by atoms with Crippen molar-refractivity contribution in [3.05, 3.63) is 64.2 Å². The van der Waals surface area contributed by atoms with Crippen LogP contribution in [0.2, 0.25) is 0 Å². The molecule has 21 heavy (non-hydrogen) atoms. The third kappa shape index (κ3) is 3.47. The van der Waals surface area contributed by atoms with Gasteiger partial charge < -0.3 is 5.32 Å². The minimum Gasteiger partial charge on any atom is -0.378 e. The van der Waals surface area contributed by atoms with Crippen LogP contribution < -0.4 is 5.32 Å². The van der Waals surface area contributed by atoms with E-state index in [4.69, 9.17) is 0 Å². The van der Waals surface area contributed by atoms with Crippen molar-refractivity contribution in [3.63, 3.8) is 0 Å². The molecule has 0 aliphatic rings. The molecule has 1 N–H and O–H groups in total. The average molecular weight is 281 g/mol. The van der Waals surface area contributed by atoms with E-state index in [-0.39, 0.29) is 0 Å². The van der Waals surface area contributed by atoms with Crippen LogP contribution in [0.15, 0.2) is 36.4 Å². The van der Waals surface area contributed by atoms with Crippen molar-refractivity contribution in [3.8, 4) is 0 Å². The van der Waals surface area contributed by atoms with Crippen LogP contribution in [0.4, 0.5) is 5.69 Å². The molecule has 1 unspecified atom stereocenters. The molecule has 0 spiro atoms. The fraction of sp³-hybridized carbons (Fsp3) is 0.400. The molecule has 0 aliphatic heterocycles. The second kappa shape index (κ2) is 6.34. The summed E-state index contributed by atoms with van der Waals surface area (Å²) in [4.78, 5) is 0. The van der Waals surface area contributed by atoms with Crippen LogP contribution in [0.5, 0.6) is 0 Å². The highest BCUT2D eigenvalue weighted by molar-refractivity contribution is 5.54. The Morgan fingerprint density at radius 1 is 0.762 bits per heavy atom. The molecule has 0 aliphatic carbocycles. The van der Waals surface area contributed by atoms with Crippen LogP contribution in [-0.2, 0) is 0 Å². The molecule has 2 aromatic carbocycles. The van der Waals surface area contributed by atoms with E-state index >= 15 is 0 Å². The van der Waals surface area contributed by atoms with Gasteiger partial charge in [-0.3, -0.25) is 0 Å². The van der Waals surface area contributed by atoms with Gasteiger partial charge in [-0.2, -0.15) is 0 Å². The molecular weight excluding hydrogens is 254 g/mol. The van der Waals surface area contributed by atoms with Crippen LogP contribution in [0.25, 0.3) is 0 Å². The topological polar surface area (TPSA) is 12.0 Å². The molecule has 0 saturated carbocycles. The van der Waals surface area contributed by atoms with E-state index in [1.165, 1.54) is 33.5 Å². The molecule has 0 aromatic heterocycles. The minimum absolute atomic E-state index is 0.309. The normalized spacial score (nSPS) is 12.5. The average Bonchev–Trinajstić information content (AvgIpc) is 2.43. The second-order valence-corrected chi connectivity index (χ2v) is 6.40. The molecule has 0 radical (unpaired) electrons. The highest BCUT2D eigenvalue weighted by Gasteiger charge is 2.12. The fourth-order valence-electron chi connectivity index (χ4n) is 2.89. The summed E-state index contributed by atoms with van der Waals surface area (Å²) in [6, 6.07) is 13.5. The summed E-state index contributed by atoms with van der Waals surface area (Å²) in [5.74, 6) is 0.529. The van der Waals surface area contributed by atoms with E-state index in [1.807, 2.05) is 0 Å². The first kappa shape index (κ1) is 15.6. The molecule has 112 valence electrons. The number of aryl methyl sites for hydroxylation is 3. The molecule has 1 atom stereocenters. The van der Waals surface area contributed by atoms with Crippen molar-refractivity contribution in [1.82, 2.24) is 0 Å². The van der Waals surface area contributed by atoms with Gasteiger partial charge in [-0.25, -0.2) is 0 Å². The van der Waals surface area contributed by atoms with Gasteiger partial charge in [0.15, 0.2) is 0 Å². The summed E-state index contributed by atoms with van der Waals surface area (Å²) >= 11 is 0. The lowest BCUT2D eigenvalue weighted by Crippen LogP contribution is -2.11. The van der Waals surface area contributed by atoms with E-state index < -0.39 is 0 Å². The van der Waals surface area contributed by atoms with E-state index in [9.17, 15) is 0 Å². The lowest BCUT2D eigenvalue weighted by molar-refractivity contribution is 0.836. The van der Waals surface area contributed by atoms with Crippen LogP contribution in [0.3, 0.4) is 0 Å². The highest BCUT2D eigenvalue weighted by Crippen LogP contribution is 2.29. The second-order valence-electron chi connectivity index (χ2n) is 6.40. The SMILES string of the molecule is Cc1cc(C)c(C(C)Nc2ccccc2C(C)C)cc1C. The van der Waals surface area contributed by atoms with Crippen molar-refractivity contribution in [1.29, 1.82) is 0 Å². The highest BCUT2D eigenvalue weighted by atomic mass is 14.9. The van der Waals surface area contributed by atoms with Crippen molar-refractivity contribution < 1.29 is 0 Å². The number of anilines is 1. The Bertz CT molecular complexity index is 626. The third-order valence-corrected chi connectivity index (χ3v) is 4.30. The Kier molecular flexibility index (Phi) is 4.72. The summed E-state index contributed by atoms with van der Waals surface area (Å²) in [6.07, 6.45) is 0. The first-order valence-electron chi connectivity index (χ1n) is 7.83. The molecule has 0 amide bonds. The van der Waals surface area contributed by atoms with Gasteiger partial charge in [0.1, 0.15) is 0 Å². The maximum Gasteiger partial charge on any atom is 0.0488 e. The van der Waals surface area contributed by atoms with E-state index in [1.54, 1.807) is 0 Å². The zero-order chi connectivity index (χ0) is 15.6. The first-order chi connectivity index (χ1) is 9.90. The molecule has 1 nitrogen and oxygen atoms in total. The van der Waals surface area contributed by atoms with E-state index in [2.05, 4.69) is 83.3 Å². The molecule has 0 fully saturated rings. The standard InChI is InChI=1S/C20H27N/c1-13(2)18-9-7-8-10-20(18)21-17(6)19-12-15(4)14(3)11-16(19)5/h7-13,17,21H,1-6H3. The third-order valence-electron chi connectivity index (χ3n) is 4.30. The number of hydrogen-bond donors (Lipinski definition) is 1. The van der Waals surface area contributed by atoms with Crippen LogP contribution >= 0.6 is 0 Å². The van der Waals surface area contributed by atoms with E-state index in [0.29, 0.717) is 12.0 Å². The Balaban J connectivity index is 2.30. The summed E-state index contributed by atoms with van der Waals surface area (Å²) in [5, 5.41) is 3.70. The summed E-state index contributed by atoms with van der Waals surface area (Å²) in [7, 11) is 0. The summed E-state index contributed by atoms with van der Waals surface area (Å²) in [5.41, 5.74) is 8.10. The van der Waals surface area contributed by atoms with Crippen LogP contribution in [0, 0.1) is 20.8 Å². The molecule has 2 rings (SSSR count). The maximum atomic E-state index is 3.70. The predicted octanol–water partition coefficient (Wildman–Crippen LogP) is 5.91. The predicted molar refractivity (Wildman–Crippen MR) is 93.2 cm³/mol. The minimum atomic E-state index is 0.309. The van der Waals surface area contributed by atoms with Crippen molar-refractivity contribution in [2.45, 2.75) is 53.5 Å². The molecule has 0 saturated heterocycles. The van der Waals surface area contributed by atoms with Crippen LogP contribution in [-0.4, -0.2) is 0 Å².